The molecule has 0 bridgehead atoms. The molecule has 3 aromatic rings. The molecule has 1 aliphatic carbocycles. The van der Waals surface area contributed by atoms with Gasteiger partial charge in [0.15, 0.2) is 35.4 Å². The number of imide groups is 1. The molecule has 4 unspecified atom stereocenters. The normalized spacial score (nSPS) is 24.1. The molecule has 2 fully saturated rings. The summed E-state index contributed by atoms with van der Waals surface area (Å²) < 4.78 is 98.1. The van der Waals surface area contributed by atoms with Gasteiger partial charge in [-0.3, -0.25) is 19.4 Å². The van der Waals surface area contributed by atoms with Crippen molar-refractivity contribution in [3.05, 3.63) is 106 Å². The number of hydrogen-bond acceptors (Lipinski definition) is 7. The third-order valence-electron chi connectivity index (χ3n) is 8.74. The molecular weight excluding hydrogens is 649 g/mol. The Labute approximate surface area is 266 Å². The highest BCUT2D eigenvalue weighted by molar-refractivity contribution is 6.25. The van der Waals surface area contributed by atoms with Crippen LogP contribution in [0.4, 0.5) is 36.4 Å². The molecular formula is C32H21F7N6O3. The third-order valence-corrected chi connectivity index (χ3v) is 8.74. The zero-order chi connectivity index (χ0) is 34.0. The predicted molar refractivity (Wildman–Crippen MR) is 153 cm³/mol. The van der Waals surface area contributed by atoms with Crippen LogP contribution in [-0.2, 0) is 14.4 Å². The van der Waals surface area contributed by atoms with Gasteiger partial charge in [-0.1, -0.05) is 29.5 Å². The highest BCUT2D eigenvalue weighted by Crippen LogP contribution is 2.45. The first-order valence-corrected chi connectivity index (χ1v) is 14.7. The zero-order valence-electron chi connectivity index (χ0n) is 24.4. The number of anilines is 1. The maximum absolute atomic E-state index is 14.6. The molecule has 16 heteroatoms. The fraction of sp³-hybridized carbons (Fsp3) is 0.250. The number of allylic oxidation sites excluding steroid dienone is 1. The number of carbonyl (C=O) groups is 3. The minimum absolute atomic E-state index is 0.181. The van der Waals surface area contributed by atoms with Crippen molar-refractivity contribution in [1.29, 1.82) is 0 Å². The Bertz CT molecular complexity index is 1940. The van der Waals surface area contributed by atoms with Crippen LogP contribution in [0.25, 0.3) is 6.08 Å². The minimum Gasteiger partial charge on any atom is -0.271 e. The molecule has 48 heavy (non-hydrogen) atoms. The summed E-state index contributed by atoms with van der Waals surface area (Å²) in [4.78, 5) is 40.1. The van der Waals surface area contributed by atoms with Gasteiger partial charge < -0.3 is 0 Å². The highest BCUT2D eigenvalue weighted by atomic mass is 19.2. The lowest BCUT2D eigenvalue weighted by molar-refractivity contribution is -0.136. The van der Waals surface area contributed by atoms with Crippen LogP contribution in [0.15, 0.2) is 69.5 Å². The molecule has 246 valence electrons. The van der Waals surface area contributed by atoms with Gasteiger partial charge in [-0.15, -0.1) is 0 Å². The Morgan fingerprint density at radius 2 is 1.40 bits per heavy atom. The molecule has 3 heterocycles. The van der Waals surface area contributed by atoms with Gasteiger partial charge >= 0.3 is 0 Å². The first kappa shape index (κ1) is 31.2. The Morgan fingerprint density at radius 3 is 2.04 bits per heavy atom. The number of benzene rings is 3. The van der Waals surface area contributed by atoms with E-state index in [1.807, 2.05) is 6.08 Å². The van der Waals surface area contributed by atoms with E-state index in [1.165, 1.54) is 36.4 Å². The number of carbonyl (C=O) groups excluding carboxylic acids is 3. The summed E-state index contributed by atoms with van der Waals surface area (Å²) in [7, 11) is 0. The van der Waals surface area contributed by atoms with Crippen molar-refractivity contribution in [1.82, 2.24) is 10.0 Å². The summed E-state index contributed by atoms with van der Waals surface area (Å²) >= 11 is 0. The fourth-order valence-corrected chi connectivity index (χ4v) is 6.54. The molecule has 4 aliphatic rings. The average Bonchev–Trinajstić information content (AvgIpc) is 3.74. The van der Waals surface area contributed by atoms with E-state index in [4.69, 9.17) is 0 Å². The predicted octanol–water partition coefficient (Wildman–Crippen LogP) is 5.78. The smallest absolute Gasteiger partial charge is 0.264 e. The summed E-state index contributed by atoms with van der Waals surface area (Å²) in [5.41, 5.74) is 0.838. The summed E-state index contributed by atoms with van der Waals surface area (Å²) in [6.45, 7) is -0.729. The molecule has 0 radical (unpaired) electrons. The monoisotopic (exact) mass is 670 g/mol. The first-order chi connectivity index (χ1) is 23.0. The SMILES string of the molecule is O=C1C2N=NN(CC(=O)N3N=C4/C(=C/c5ccc(F)cc5)CCCC4C3c3ccc(F)cc3)C2C(=O)N1c1c(F)c(F)c(F)c(F)c1F. The van der Waals surface area contributed by atoms with Crippen molar-refractivity contribution in [3.8, 4) is 0 Å². The number of fused-ring (bicyclic) bond motifs is 2. The van der Waals surface area contributed by atoms with Crippen LogP contribution in [0, 0.1) is 46.6 Å². The number of nitrogens with zero attached hydrogens (tertiary/aromatic N) is 6. The Morgan fingerprint density at radius 1 is 0.792 bits per heavy atom. The molecule has 3 aromatic carbocycles. The van der Waals surface area contributed by atoms with Crippen LogP contribution in [0.1, 0.15) is 36.4 Å². The van der Waals surface area contributed by atoms with Gasteiger partial charge in [-0.05, 0) is 66.3 Å². The quantitative estimate of drug-likeness (QED) is 0.149. The number of hydrazone groups is 1. The summed E-state index contributed by atoms with van der Waals surface area (Å²) in [6.07, 6.45) is 3.74. The molecule has 0 aromatic heterocycles. The second-order valence-electron chi connectivity index (χ2n) is 11.6. The largest absolute Gasteiger partial charge is 0.271 e. The minimum atomic E-state index is -2.47. The van der Waals surface area contributed by atoms with E-state index >= 15 is 0 Å². The van der Waals surface area contributed by atoms with E-state index in [0.717, 1.165) is 15.6 Å². The zero-order valence-corrected chi connectivity index (χ0v) is 24.4. The average molecular weight is 671 g/mol. The lowest BCUT2D eigenvalue weighted by atomic mass is 9.77. The van der Waals surface area contributed by atoms with E-state index in [0.29, 0.717) is 36.1 Å². The summed E-state index contributed by atoms with van der Waals surface area (Å²) in [5.74, 6) is -16.8. The number of amides is 3. The Hall–Kier alpha value is -5.41. The Balaban J connectivity index is 1.20. The molecule has 0 N–H and O–H groups in total. The topological polar surface area (TPSA) is 98.0 Å². The van der Waals surface area contributed by atoms with Crippen LogP contribution in [0.2, 0.25) is 0 Å². The van der Waals surface area contributed by atoms with E-state index < -0.39 is 88.8 Å². The Kier molecular flexibility index (Phi) is 7.59. The van der Waals surface area contributed by atoms with Crippen molar-refractivity contribution >= 4 is 35.2 Å². The van der Waals surface area contributed by atoms with Crippen LogP contribution >= 0.6 is 0 Å². The number of hydrogen-bond donors (Lipinski definition) is 0. The van der Waals surface area contributed by atoms with Crippen LogP contribution in [0.5, 0.6) is 0 Å². The van der Waals surface area contributed by atoms with E-state index in [2.05, 4.69) is 15.4 Å². The van der Waals surface area contributed by atoms with Crippen molar-refractivity contribution in [2.45, 2.75) is 37.4 Å². The molecule has 1 saturated heterocycles. The third kappa shape index (κ3) is 4.93. The standard InChI is InChI=1S/C32H21F7N6O3/c33-17-8-4-14(5-9-17)12-16-2-1-3-19-26(16)41-45(28(19)15-6-10-18(34)11-7-15)20(46)13-43-30-27(40-42-43)31(47)44(32(30)48)29-24(38)22(36)21(35)23(37)25(29)39/h4-12,19,27-28,30H,1-3,13H2/b16-12+. The number of rotatable bonds is 5. The van der Waals surface area contributed by atoms with Crippen molar-refractivity contribution < 1.29 is 45.1 Å². The molecule has 4 atom stereocenters. The van der Waals surface area contributed by atoms with Gasteiger partial charge in [0.05, 0.1) is 11.8 Å². The summed E-state index contributed by atoms with van der Waals surface area (Å²) in [5, 5.41) is 14.0. The molecule has 1 saturated carbocycles. The van der Waals surface area contributed by atoms with E-state index in [9.17, 15) is 45.1 Å². The van der Waals surface area contributed by atoms with Crippen LogP contribution in [0.3, 0.4) is 0 Å². The number of halogens is 7. The van der Waals surface area contributed by atoms with Crippen molar-refractivity contribution in [2.75, 3.05) is 11.4 Å². The molecule has 3 aliphatic heterocycles. The fourth-order valence-electron chi connectivity index (χ4n) is 6.54. The van der Waals surface area contributed by atoms with E-state index in [-0.39, 0.29) is 10.8 Å². The molecule has 7 rings (SSSR count). The highest BCUT2D eigenvalue weighted by Gasteiger charge is 2.57. The van der Waals surface area contributed by atoms with Gasteiger partial charge in [0.2, 0.25) is 5.82 Å². The van der Waals surface area contributed by atoms with Crippen LogP contribution < -0.4 is 4.90 Å². The van der Waals surface area contributed by atoms with Gasteiger partial charge in [0.25, 0.3) is 17.7 Å². The van der Waals surface area contributed by atoms with Crippen molar-refractivity contribution in [3.63, 3.8) is 0 Å². The van der Waals surface area contributed by atoms with Crippen LogP contribution in [-0.4, -0.2) is 52.1 Å². The maximum atomic E-state index is 14.6. The molecule has 3 amide bonds. The van der Waals surface area contributed by atoms with Crippen molar-refractivity contribution in [2.24, 2.45) is 21.4 Å². The maximum Gasteiger partial charge on any atom is 0.264 e. The summed E-state index contributed by atoms with van der Waals surface area (Å²) in [6, 6.07) is 7.06. The molecule has 9 nitrogen and oxygen atoms in total. The lowest BCUT2D eigenvalue weighted by Gasteiger charge is -2.30. The van der Waals surface area contributed by atoms with Gasteiger partial charge in [0, 0.05) is 5.92 Å². The van der Waals surface area contributed by atoms with E-state index in [1.54, 1.807) is 12.1 Å². The van der Waals surface area contributed by atoms with Gasteiger partial charge in [-0.2, -0.15) is 10.2 Å². The second kappa shape index (κ2) is 11.7. The van der Waals surface area contributed by atoms with Gasteiger partial charge in [-0.25, -0.2) is 40.6 Å². The molecule has 0 spiro atoms. The lowest BCUT2D eigenvalue weighted by Crippen LogP contribution is -2.45. The van der Waals surface area contributed by atoms with Gasteiger partial charge in [0.1, 0.15) is 23.9 Å². The first-order valence-electron chi connectivity index (χ1n) is 14.7. The second-order valence-corrected chi connectivity index (χ2v) is 11.6.